The van der Waals surface area contributed by atoms with E-state index in [9.17, 15) is 9.59 Å². The summed E-state index contributed by atoms with van der Waals surface area (Å²) >= 11 is 0. The quantitative estimate of drug-likeness (QED) is 0.634. The van der Waals surface area contributed by atoms with E-state index in [1.165, 1.54) is 6.26 Å². The molecule has 2 aliphatic rings. The number of benzene rings is 1. The van der Waals surface area contributed by atoms with Crippen molar-refractivity contribution in [1.29, 1.82) is 0 Å². The largest absolute Gasteiger partial charge is 0.364 e. The van der Waals surface area contributed by atoms with Gasteiger partial charge in [-0.15, -0.1) is 0 Å². The highest BCUT2D eigenvalue weighted by Crippen LogP contribution is 2.44. The predicted octanol–water partition coefficient (Wildman–Crippen LogP) is 2.80. The van der Waals surface area contributed by atoms with Crippen molar-refractivity contribution in [3.63, 3.8) is 0 Å². The number of nitrogens with zero attached hydrogens (tertiary/aromatic N) is 5. The average molecular weight is 387 g/mol. The molecule has 1 atom stereocenters. The second-order valence-corrected chi connectivity index (χ2v) is 7.22. The van der Waals surface area contributed by atoms with Gasteiger partial charge in [-0.3, -0.25) is 9.59 Å². The molecule has 29 heavy (non-hydrogen) atoms. The molecule has 1 fully saturated rings. The van der Waals surface area contributed by atoms with E-state index in [0.717, 1.165) is 5.56 Å². The topological polar surface area (TPSA) is 75.9 Å². The molecule has 0 aliphatic carbocycles. The first-order valence-corrected chi connectivity index (χ1v) is 9.24. The first-order valence-electron chi connectivity index (χ1n) is 9.24. The van der Waals surface area contributed by atoms with Crippen LogP contribution in [-0.4, -0.2) is 44.4 Å². The van der Waals surface area contributed by atoms with Gasteiger partial charge in [-0.1, -0.05) is 29.4 Å². The molecule has 3 aromatic rings. The van der Waals surface area contributed by atoms with E-state index in [0.29, 0.717) is 42.3 Å². The Morgan fingerprint density at radius 1 is 1.24 bits per heavy atom. The molecular formula is C21H17N5O3. The molecule has 2 aromatic heterocycles. The van der Waals surface area contributed by atoms with Crippen molar-refractivity contribution in [3.05, 3.63) is 82.8 Å². The lowest BCUT2D eigenvalue weighted by atomic mass is 9.93. The van der Waals surface area contributed by atoms with Crippen LogP contribution in [0.3, 0.4) is 0 Å². The second-order valence-electron chi connectivity index (χ2n) is 7.22. The number of hydrogen-bond acceptors (Lipinski definition) is 4. The molecule has 144 valence electrons. The summed E-state index contributed by atoms with van der Waals surface area (Å²) in [6.45, 7) is 10.2. The fourth-order valence-electron chi connectivity index (χ4n) is 4.40. The number of fused-ring (bicyclic) bond motifs is 2. The average Bonchev–Trinajstić information content (AvgIpc) is 3.46. The van der Waals surface area contributed by atoms with Crippen LogP contribution in [-0.2, 0) is 12.2 Å². The normalized spacial score (nSPS) is 20.3. The molecule has 0 N–H and O–H groups in total. The van der Waals surface area contributed by atoms with Crippen molar-refractivity contribution >= 4 is 17.5 Å². The Bertz CT molecular complexity index is 1170. The van der Waals surface area contributed by atoms with Crippen LogP contribution in [0, 0.1) is 13.5 Å². The van der Waals surface area contributed by atoms with Crippen molar-refractivity contribution in [3.8, 4) is 0 Å². The highest BCUT2D eigenvalue weighted by molar-refractivity contribution is 5.98. The molecular weight excluding hydrogens is 370 g/mol. The van der Waals surface area contributed by atoms with Crippen LogP contribution < -0.4 is 0 Å². The Balaban J connectivity index is 1.70. The summed E-state index contributed by atoms with van der Waals surface area (Å²) in [5, 5.41) is 3.83. The third-order valence-electron chi connectivity index (χ3n) is 5.81. The summed E-state index contributed by atoms with van der Waals surface area (Å²) in [7, 11) is 0. The molecule has 4 heterocycles. The monoisotopic (exact) mass is 387 g/mol. The van der Waals surface area contributed by atoms with Gasteiger partial charge in [-0.25, -0.2) is 4.85 Å². The second kappa shape index (κ2) is 6.07. The smallest absolute Gasteiger partial charge is 0.272 e. The highest BCUT2D eigenvalue weighted by atomic mass is 16.5. The van der Waals surface area contributed by atoms with E-state index >= 15 is 0 Å². The third kappa shape index (κ3) is 2.27. The summed E-state index contributed by atoms with van der Waals surface area (Å²) in [6.07, 6.45) is 3.20. The van der Waals surface area contributed by atoms with Crippen LogP contribution >= 0.6 is 0 Å². The Labute approximate surface area is 166 Å². The summed E-state index contributed by atoms with van der Waals surface area (Å²) in [5.41, 5.74) is 1.81. The van der Waals surface area contributed by atoms with Crippen molar-refractivity contribution < 1.29 is 14.1 Å². The minimum absolute atomic E-state index is 0.118. The maximum Gasteiger partial charge on any atom is 0.272 e. The van der Waals surface area contributed by atoms with Crippen LogP contribution in [0.25, 0.3) is 4.85 Å². The van der Waals surface area contributed by atoms with Gasteiger partial charge < -0.3 is 18.9 Å². The van der Waals surface area contributed by atoms with Crippen LogP contribution in [0.5, 0.6) is 0 Å². The molecule has 8 heteroatoms. The van der Waals surface area contributed by atoms with Crippen LogP contribution in [0.2, 0.25) is 0 Å². The number of carbonyl (C=O) groups is 2. The van der Waals surface area contributed by atoms with Gasteiger partial charge in [-0.05, 0) is 24.6 Å². The molecule has 1 aromatic carbocycles. The van der Waals surface area contributed by atoms with Gasteiger partial charge in [-0.2, -0.15) is 0 Å². The lowest BCUT2D eigenvalue weighted by Crippen LogP contribution is -2.60. The fourth-order valence-corrected chi connectivity index (χ4v) is 4.40. The van der Waals surface area contributed by atoms with Crippen LogP contribution in [0.1, 0.15) is 32.1 Å². The van der Waals surface area contributed by atoms with Gasteiger partial charge in [0.1, 0.15) is 17.5 Å². The molecule has 1 unspecified atom stereocenters. The molecule has 5 rings (SSSR count). The van der Waals surface area contributed by atoms with Gasteiger partial charge in [0.05, 0.1) is 18.8 Å². The number of amides is 2. The number of hydrogen-bond donors (Lipinski definition) is 0. The van der Waals surface area contributed by atoms with Gasteiger partial charge in [0.2, 0.25) is 0 Å². The molecule has 0 spiro atoms. The zero-order valence-electron chi connectivity index (χ0n) is 15.7. The maximum atomic E-state index is 13.5. The van der Waals surface area contributed by atoms with Crippen LogP contribution in [0.4, 0.5) is 5.69 Å². The number of aromatic nitrogens is 2. The van der Waals surface area contributed by atoms with E-state index in [2.05, 4.69) is 10.0 Å². The summed E-state index contributed by atoms with van der Waals surface area (Å²) in [6, 6.07) is 10.7. The molecule has 1 saturated heterocycles. The lowest BCUT2D eigenvalue weighted by molar-refractivity contribution is -0.00596. The van der Waals surface area contributed by atoms with E-state index in [1.807, 2.05) is 29.0 Å². The minimum Gasteiger partial charge on any atom is -0.364 e. The lowest BCUT2D eigenvalue weighted by Gasteiger charge is -2.47. The first kappa shape index (κ1) is 17.3. The molecule has 2 aliphatic heterocycles. The van der Waals surface area contributed by atoms with E-state index in [-0.39, 0.29) is 11.8 Å². The SMILES string of the molecule is [C-]#[N+]c1ccc(C23Cn4cccc4C(=O)N2CCN3C(=O)c2conc2C)cc1. The summed E-state index contributed by atoms with van der Waals surface area (Å²) in [5.74, 6) is -0.350. The van der Waals surface area contributed by atoms with Crippen molar-refractivity contribution in [2.75, 3.05) is 13.1 Å². The molecule has 0 saturated carbocycles. The molecule has 2 amide bonds. The Kier molecular flexibility index (Phi) is 3.61. The van der Waals surface area contributed by atoms with Crippen LogP contribution in [0.15, 0.2) is 53.4 Å². The van der Waals surface area contributed by atoms with Crippen molar-refractivity contribution in [2.24, 2.45) is 0 Å². The maximum absolute atomic E-state index is 13.5. The minimum atomic E-state index is -0.982. The van der Waals surface area contributed by atoms with E-state index in [4.69, 9.17) is 11.1 Å². The van der Waals surface area contributed by atoms with Crippen molar-refractivity contribution in [2.45, 2.75) is 19.1 Å². The summed E-state index contributed by atoms with van der Waals surface area (Å²) in [4.78, 5) is 33.7. The number of rotatable bonds is 2. The molecule has 8 nitrogen and oxygen atoms in total. The molecule has 0 bridgehead atoms. The number of aryl methyl sites for hydroxylation is 1. The van der Waals surface area contributed by atoms with Crippen molar-refractivity contribution in [1.82, 2.24) is 19.5 Å². The van der Waals surface area contributed by atoms with Gasteiger partial charge >= 0.3 is 0 Å². The molecule has 0 radical (unpaired) electrons. The number of carbonyl (C=O) groups excluding carboxylic acids is 2. The fraction of sp³-hybridized carbons (Fsp3) is 0.238. The summed E-state index contributed by atoms with van der Waals surface area (Å²) < 4.78 is 6.86. The Morgan fingerprint density at radius 3 is 2.72 bits per heavy atom. The van der Waals surface area contributed by atoms with Gasteiger partial charge in [0, 0.05) is 19.3 Å². The predicted molar refractivity (Wildman–Crippen MR) is 102 cm³/mol. The first-order chi connectivity index (χ1) is 14.1. The van der Waals surface area contributed by atoms with Gasteiger partial charge in [0.15, 0.2) is 11.4 Å². The van der Waals surface area contributed by atoms with E-state index < -0.39 is 5.66 Å². The zero-order chi connectivity index (χ0) is 20.2. The Morgan fingerprint density at radius 2 is 2.03 bits per heavy atom. The van der Waals surface area contributed by atoms with E-state index in [1.54, 1.807) is 34.9 Å². The standard InChI is InChI=1S/C21H17N5O3/c1-14-17(12-29-23-14)19(27)25-10-11-26-20(28)18-4-3-9-24(18)13-21(25,26)15-5-7-16(22-2)8-6-15/h3-9,12H,10-11,13H2,1H3. The Hall–Kier alpha value is -3.86. The third-order valence-corrected chi connectivity index (χ3v) is 5.81. The van der Waals surface area contributed by atoms with Gasteiger partial charge in [0.25, 0.3) is 11.8 Å². The zero-order valence-corrected chi connectivity index (χ0v) is 15.7. The highest BCUT2D eigenvalue weighted by Gasteiger charge is 2.56.